The van der Waals surface area contributed by atoms with Crippen LogP contribution in [0.4, 0.5) is 13.2 Å². The topological polar surface area (TPSA) is 105 Å². The number of aryl methyl sites for hydroxylation is 2. The third-order valence-corrected chi connectivity index (χ3v) is 4.93. The summed E-state index contributed by atoms with van der Waals surface area (Å²) in [6.07, 6.45) is -4.85. The molecule has 2 aromatic heterocycles. The van der Waals surface area contributed by atoms with Gasteiger partial charge in [-0.3, -0.25) is 13.9 Å². The van der Waals surface area contributed by atoms with Gasteiger partial charge in [0.05, 0.1) is 31.8 Å². The van der Waals surface area contributed by atoms with E-state index in [9.17, 15) is 22.8 Å². The average molecular weight is 469 g/mol. The summed E-state index contributed by atoms with van der Waals surface area (Å²) in [5.41, 5.74) is -0.131. The molecule has 0 atom stereocenters. The molecule has 3 aromatic rings. The number of fused-ring (bicyclic) bond motifs is 1. The fourth-order valence-electron chi connectivity index (χ4n) is 3.21. The van der Waals surface area contributed by atoms with Crippen LogP contribution < -0.4 is 20.7 Å². The fourth-order valence-corrected chi connectivity index (χ4v) is 3.21. The molecular weight excluding hydrogens is 447 g/mol. The predicted molar refractivity (Wildman–Crippen MR) is 112 cm³/mol. The van der Waals surface area contributed by atoms with Crippen LogP contribution in [0.5, 0.6) is 17.4 Å². The van der Waals surface area contributed by atoms with Crippen molar-refractivity contribution in [2.24, 2.45) is 7.05 Å². The van der Waals surface area contributed by atoms with Gasteiger partial charge in [-0.25, -0.2) is 4.79 Å². The predicted octanol–water partition coefficient (Wildman–Crippen LogP) is 2.41. The lowest BCUT2D eigenvalue weighted by atomic mass is 10.1. The van der Waals surface area contributed by atoms with Crippen LogP contribution in [0, 0.1) is 13.8 Å². The molecule has 0 aliphatic carbocycles. The van der Waals surface area contributed by atoms with Gasteiger partial charge in [0.15, 0.2) is 5.65 Å². The third-order valence-electron chi connectivity index (χ3n) is 4.93. The molecule has 0 amide bonds. The molecule has 0 aliphatic rings. The molecule has 12 heteroatoms. The molecule has 0 spiro atoms. The Labute approximate surface area is 185 Å². The summed E-state index contributed by atoms with van der Waals surface area (Å²) in [6.45, 7) is 3.26. The number of rotatable bonds is 8. The molecule has 0 radical (unpaired) electrons. The first-order valence-corrected chi connectivity index (χ1v) is 9.86. The van der Waals surface area contributed by atoms with Crippen LogP contribution in [0.3, 0.4) is 0 Å². The Morgan fingerprint density at radius 3 is 2.45 bits per heavy atom. The third kappa shape index (κ3) is 5.34. The summed E-state index contributed by atoms with van der Waals surface area (Å²) in [7, 11) is 1.44. The SMILES string of the molecule is Cc1c(Oc2cccc(OC(F)(F)F)c2)nc2c(c1C)c(=O)n(CCOCCO)c(=O)n2C. The van der Waals surface area contributed by atoms with Crippen LogP contribution in [0.25, 0.3) is 11.0 Å². The molecule has 0 bridgehead atoms. The highest BCUT2D eigenvalue weighted by molar-refractivity contribution is 5.80. The zero-order valence-corrected chi connectivity index (χ0v) is 18.1. The maximum Gasteiger partial charge on any atom is 0.573 e. The van der Waals surface area contributed by atoms with Crippen molar-refractivity contribution in [2.45, 2.75) is 26.8 Å². The molecule has 0 fully saturated rings. The number of aliphatic hydroxyl groups is 1. The number of hydrogen-bond acceptors (Lipinski definition) is 7. The molecule has 0 saturated heterocycles. The Morgan fingerprint density at radius 2 is 1.79 bits per heavy atom. The summed E-state index contributed by atoms with van der Waals surface area (Å²) in [5, 5.41) is 8.99. The van der Waals surface area contributed by atoms with Crippen molar-refractivity contribution in [3.05, 3.63) is 56.2 Å². The number of halogens is 3. The van der Waals surface area contributed by atoms with E-state index in [2.05, 4.69) is 9.72 Å². The quantitative estimate of drug-likeness (QED) is 0.505. The van der Waals surface area contributed by atoms with Crippen LogP contribution in [0.15, 0.2) is 33.9 Å². The average Bonchev–Trinajstić information content (AvgIpc) is 2.74. The van der Waals surface area contributed by atoms with Gasteiger partial charge < -0.3 is 19.3 Å². The van der Waals surface area contributed by atoms with E-state index >= 15 is 0 Å². The normalized spacial score (nSPS) is 11.7. The van der Waals surface area contributed by atoms with Crippen molar-refractivity contribution in [1.82, 2.24) is 14.1 Å². The first kappa shape index (κ1) is 24.3. The van der Waals surface area contributed by atoms with Gasteiger partial charge in [0, 0.05) is 18.7 Å². The molecule has 0 unspecified atom stereocenters. The van der Waals surface area contributed by atoms with Gasteiger partial charge in [-0.2, -0.15) is 4.98 Å². The molecule has 2 heterocycles. The lowest BCUT2D eigenvalue weighted by molar-refractivity contribution is -0.274. The smallest absolute Gasteiger partial charge is 0.439 e. The molecule has 0 aliphatic heterocycles. The number of aliphatic hydroxyl groups excluding tert-OH is 1. The molecule has 1 N–H and O–H groups in total. The Kier molecular flexibility index (Phi) is 7.08. The highest BCUT2D eigenvalue weighted by Gasteiger charge is 2.31. The van der Waals surface area contributed by atoms with E-state index < -0.39 is 23.4 Å². The summed E-state index contributed by atoms with van der Waals surface area (Å²) in [6, 6.07) is 4.93. The number of ether oxygens (including phenoxy) is 3. The Balaban J connectivity index is 2.04. The van der Waals surface area contributed by atoms with Gasteiger partial charge in [-0.15, -0.1) is 13.2 Å². The van der Waals surface area contributed by atoms with Crippen LogP contribution >= 0.6 is 0 Å². The van der Waals surface area contributed by atoms with E-state index in [-0.39, 0.29) is 49.0 Å². The maximum atomic E-state index is 13.0. The summed E-state index contributed by atoms with van der Waals surface area (Å²) < 4.78 is 54.5. The summed E-state index contributed by atoms with van der Waals surface area (Å²) in [4.78, 5) is 30.1. The van der Waals surface area contributed by atoms with Gasteiger partial charge in [-0.1, -0.05) is 6.07 Å². The van der Waals surface area contributed by atoms with Crippen molar-refractivity contribution in [2.75, 3.05) is 19.8 Å². The van der Waals surface area contributed by atoms with Gasteiger partial charge in [0.1, 0.15) is 11.5 Å². The van der Waals surface area contributed by atoms with Crippen LogP contribution in [0.2, 0.25) is 0 Å². The van der Waals surface area contributed by atoms with Gasteiger partial charge >= 0.3 is 12.1 Å². The molecule has 3 rings (SSSR count). The lowest BCUT2D eigenvalue weighted by Gasteiger charge is -2.16. The highest BCUT2D eigenvalue weighted by Crippen LogP contribution is 2.31. The first-order chi connectivity index (χ1) is 15.5. The number of hydrogen-bond donors (Lipinski definition) is 1. The van der Waals surface area contributed by atoms with Gasteiger partial charge in [0.2, 0.25) is 5.88 Å². The van der Waals surface area contributed by atoms with Crippen LogP contribution in [0.1, 0.15) is 11.1 Å². The van der Waals surface area contributed by atoms with Crippen molar-refractivity contribution in [3.63, 3.8) is 0 Å². The van der Waals surface area contributed by atoms with Gasteiger partial charge in [-0.05, 0) is 31.5 Å². The first-order valence-electron chi connectivity index (χ1n) is 9.86. The number of aromatic nitrogens is 3. The molecule has 178 valence electrons. The molecule has 33 heavy (non-hydrogen) atoms. The van der Waals surface area contributed by atoms with Crippen molar-refractivity contribution < 1.29 is 32.5 Å². The second kappa shape index (κ2) is 9.63. The second-order valence-corrected chi connectivity index (χ2v) is 7.12. The highest BCUT2D eigenvalue weighted by atomic mass is 19.4. The van der Waals surface area contributed by atoms with Crippen molar-refractivity contribution in [3.8, 4) is 17.4 Å². The fraction of sp³-hybridized carbons (Fsp3) is 0.381. The number of pyridine rings is 1. The second-order valence-electron chi connectivity index (χ2n) is 7.12. The summed E-state index contributed by atoms with van der Waals surface area (Å²) >= 11 is 0. The Morgan fingerprint density at radius 1 is 1.09 bits per heavy atom. The van der Waals surface area contributed by atoms with E-state index in [0.29, 0.717) is 11.1 Å². The number of alkyl halides is 3. The summed E-state index contributed by atoms with van der Waals surface area (Å²) in [5.74, 6) is -0.401. The molecule has 0 saturated carbocycles. The minimum atomic E-state index is -4.85. The zero-order chi connectivity index (χ0) is 24.3. The monoisotopic (exact) mass is 469 g/mol. The largest absolute Gasteiger partial charge is 0.573 e. The Bertz CT molecular complexity index is 1280. The van der Waals surface area contributed by atoms with Crippen LogP contribution in [-0.4, -0.2) is 45.4 Å². The lowest BCUT2D eigenvalue weighted by Crippen LogP contribution is -2.40. The van der Waals surface area contributed by atoms with E-state index in [1.54, 1.807) is 13.8 Å². The number of nitrogens with zero attached hydrogens (tertiary/aromatic N) is 3. The van der Waals surface area contributed by atoms with E-state index in [4.69, 9.17) is 14.6 Å². The minimum absolute atomic E-state index is 0.00974. The standard InChI is InChI=1S/C21H22F3N3O6/c1-12-13(2)18(32-14-5-4-6-15(11-14)33-21(22,23)24)25-17-16(12)19(29)27(20(30)26(17)3)7-9-31-10-8-28/h4-6,11,28H,7-10H2,1-3H3. The Hall–Kier alpha value is -3.38. The molecule has 9 nitrogen and oxygen atoms in total. The minimum Gasteiger partial charge on any atom is -0.439 e. The zero-order valence-electron chi connectivity index (χ0n) is 18.1. The van der Waals surface area contributed by atoms with Crippen molar-refractivity contribution in [1.29, 1.82) is 0 Å². The van der Waals surface area contributed by atoms with Gasteiger partial charge in [0.25, 0.3) is 5.56 Å². The maximum absolute atomic E-state index is 13.0. The number of benzene rings is 1. The van der Waals surface area contributed by atoms with Crippen LogP contribution in [-0.2, 0) is 18.3 Å². The molecular formula is C21H22F3N3O6. The van der Waals surface area contributed by atoms with Crippen molar-refractivity contribution >= 4 is 11.0 Å². The van der Waals surface area contributed by atoms with E-state index in [0.717, 1.165) is 16.7 Å². The molecule has 1 aromatic carbocycles. The van der Waals surface area contributed by atoms with E-state index in [1.165, 1.54) is 23.7 Å². The van der Waals surface area contributed by atoms with E-state index in [1.807, 2.05) is 0 Å².